The van der Waals surface area contributed by atoms with Gasteiger partial charge in [-0.1, -0.05) is 36.4 Å². The standard InChI is InChI=1S/C33H35N5O2/c1-22(39)18-23-6-5-8-25(19-23)31-28(30-20-24-7-3-4-9-29(24)40-30)21-35-32(37-31)36-26-10-12-27(13-11-26)38-16-14-33(2,34)15-17-38/h3-13,19-22,39H,14-18,34H2,1-2H3,(H,35,36,37). The van der Waals surface area contributed by atoms with Crippen LogP contribution in [0.2, 0.25) is 0 Å². The van der Waals surface area contributed by atoms with Crippen molar-refractivity contribution in [3.8, 4) is 22.6 Å². The van der Waals surface area contributed by atoms with E-state index in [2.05, 4.69) is 52.5 Å². The summed E-state index contributed by atoms with van der Waals surface area (Å²) in [5.74, 6) is 1.21. The summed E-state index contributed by atoms with van der Waals surface area (Å²) in [5, 5.41) is 14.4. The van der Waals surface area contributed by atoms with Gasteiger partial charge in [0, 0.05) is 47.1 Å². The SMILES string of the molecule is CC(O)Cc1cccc(-c2nc(Nc3ccc(N4CCC(C)(N)CC4)cc3)ncc2-c2cc3ccccc3o2)c1. The second-order valence-electron chi connectivity index (χ2n) is 11.2. The van der Waals surface area contributed by atoms with E-state index in [1.54, 1.807) is 6.92 Å². The number of aliphatic hydroxyl groups is 1. The lowest BCUT2D eigenvalue weighted by molar-refractivity contribution is 0.195. The third-order valence-electron chi connectivity index (χ3n) is 7.61. The first kappa shape index (κ1) is 26.0. The Morgan fingerprint density at radius 3 is 2.55 bits per heavy atom. The van der Waals surface area contributed by atoms with E-state index in [0.29, 0.717) is 18.1 Å². The van der Waals surface area contributed by atoms with Gasteiger partial charge >= 0.3 is 0 Å². The Hall–Kier alpha value is -4.20. The lowest BCUT2D eigenvalue weighted by atomic mass is 9.91. The number of fused-ring (bicyclic) bond motifs is 1. The fraction of sp³-hybridized carbons (Fsp3) is 0.273. The van der Waals surface area contributed by atoms with Gasteiger partial charge in [0.15, 0.2) is 0 Å². The number of rotatable bonds is 7. The Balaban J connectivity index is 1.31. The van der Waals surface area contributed by atoms with Gasteiger partial charge in [0.2, 0.25) is 5.95 Å². The number of benzene rings is 3. The molecule has 7 nitrogen and oxygen atoms in total. The summed E-state index contributed by atoms with van der Waals surface area (Å²) < 4.78 is 6.20. The van der Waals surface area contributed by atoms with E-state index in [-0.39, 0.29) is 5.54 Å². The zero-order valence-corrected chi connectivity index (χ0v) is 23.0. The summed E-state index contributed by atoms with van der Waals surface area (Å²) in [5.41, 5.74) is 12.7. The van der Waals surface area contributed by atoms with Crippen LogP contribution >= 0.6 is 0 Å². The monoisotopic (exact) mass is 533 g/mol. The summed E-state index contributed by atoms with van der Waals surface area (Å²) in [4.78, 5) is 12.0. The summed E-state index contributed by atoms with van der Waals surface area (Å²) in [7, 11) is 0. The molecule has 0 spiro atoms. The first-order valence-corrected chi connectivity index (χ1v) is 13.9. The Kier molecular flexibility index (Phi) is 7.00. The predicted octanol–water partition coefficient (Wildman–Crippen LogP) is 6.54. The lowest BCUT2D eigenvalue weighted by Crippen LogP contribution is -2.48. The van der Waals surface area contributed by atoms with Gasteiger partial charge in [0.25, 0.3) is 0 Å². The van der Waals surface area contributed by atoms with Crippen LogP contribution in [0.4, 0.5) is 17.3 Å². The summed E-state index contributed by atoms with van der Waals surface area (Å²) >= 11 is 0. The molecule has 2 aromatic heterocycles. The maximum Gasteiger partial charge on any atom is 0.227 e. The molecule has 1 fully saturated rings. The number of aromatic nitrogens is 2. The minimum Gasteiger partial charge on any atom is -0.456 e. The van der Waals surface area contributed by atoms with E-state index >= 15 is 0 Å². The average Bonchev–Trinajstić information content (AvgIpc) is 3.38. The molecule has 0 radical (unpaired) electrons. The molecular weight excluding hydrogens is 498 g/mol. The van der Waals surface area contributed by atoms with Gasteiger partial charge in [-0.2, -0.15) is 0 Å². The number of nitrogens with two attached hydrogens (primary N) is 1. The lowest BCUT2D eigenvalue weighted by Gasteiger charge is -2.38. The van der Waals surface area contributed by atoms with Gasteiger partial charge in [-0.3, -0.25) is 0 Å². The van der Waals surface area contributed by atoms with E-state index < -0.39 is 6.10 Å². The van der Waals surface area contributed by atoms with Crippen molar-refractivity contribution in [2.24, 2.45) is 5.73 Å². The maximum atomic E-state index is 9.96. The number of hydrogen-bond acceptors (Lipinski definition) is 7. The fourth-order valence-corrected chi connectivity index (χ4v) is 5.30. The Morgan fingerprint density at radius 2 is 1.80 bits per heavy atom. The van der Waals surface area contributed by atoms with Gasteiger partial charge in [-0.25, -0.2) is 9.97 Å². The largest absolute Gasteiger partial charge is 0.456 e. The highest BCUT2D eigenvalue weighted by atomic mass is 16.3. The zero-order chi connectivity index (χ0) is 27.7. The van der Waals surface area contributed by atoms with Crippen LogP contribution in [0.5, 0.6) is 0 Å². The van der Waals surface area contributed by atoms with Crippen molar-refractivity contribution in [3.05, 3.63) is 90.6 Å². The number of piperidine rings is 1. The molecule has 4 N–H and O–H groups in total. The van der Waals surface area contributed by atoms with Crippen molar-refractivity contribution in [1.82, 2.24) is 9.97 Å². The van der Waals surface area contributed by atoms with Gasteiger partial charge < -0.3 is 25.5 Å². The molecule has 40 heavy (non-hydrogen) atoms. The topological polar surface area (TPSA) is 100 Å². The summed E-state index contributed by atoms with van der Waals surface area (Å²) in [6, 6.07) is 26.5. The van der Waals surface area contributed by atoms with Gasteiger partial charge in [-0.05, 0) is 81.1 Å². The normalized spacial score (nSPS) is 15.8. The Morgan fingerprint density at radius 1 is 1.02 bits per heavy atom. The van der Waals surface area contributed by atoms with Crippen molar-refractivity contribution < 1.29 is 9.52 Å². The number of nitrogens with one attached hydrogen (secondary N) is 1. The zero-order valence-electron chi connectivity index (χ0n) is 23.0. The molecule has 0 saturated carbocycles. The van der Waals surface area contributed by atoms with Crippen molar-refractivity contribution in [1.29, 1.82) is 0 Å². The van der Waals surface area contributed by atoms with Gasteiger partial charge in [-0.15, -0.1) is 0 Å². The van der Waals surface area contributed by atoms with Crippen LogP contribution in [0.3, 0.4) is 0 Å². The molecule has 0 aliphatic carbocycles. The number of anilines is 3. The van der Waals surface area contributed by atoms with Crippen LogP contribution in [0.15, 0.2) is 89.5 Å². The van der Waals surface area contributed by atoms with Crippen LogP contribution in [0.25, 0.3) is 33.6 Å². The third kappa shape index (κ3) is 5.71. The molecule has 1 aliphatic rings. The average molecular weight is 534 g/mol. The first-order valence-electron chi connectivity index (χ1n) is 13.9. The van der Waals surface area contributed by atoms with Crippen LogP contribution < -0.4 is 16.0 Å². The van der Waals surface area contributed by atoms with E-state index in [9.17, 15) is 5.11 Å². The van der Waals surface area contributed by atoms with Crippen molar-refractivity contribution >= 4 is 28.3 Å². The first-order chi connectivity index (χ1) is 19.3. The van der Waals surface area contributed by atoms with Crippen molar-refractivity contribution in [3.63, 3.8) is 0 Å². The molecule has 3 heterocycles. The van der Waals surface area contributed by atoms with E-state index in [0.717, 1.165) is 65.0 Å². The van der Waals surface area contributed by atoms with Crippen LogP contribution in [-0.2, 0) is 6.42 Å². The third-order valence-corrected chi connectivity index (χ3v) is 7.61. The number of aliphatic hydroxyl groups excluding tert-OH is 1. The number of nitrogens with zero attached hydrogens (tertiary/aromatic N) is 3. The molecule has 0 amide bonds. The van der Waals surface area contributed by atoms with Crippen LogP contribution in [0, 0.1) is 0 Å². The smallest absolute Gasteiger partial charge is 0.227 e. The van der Waals surface area contributed by atoms with Crippen LogP contribution in [0.1, 0.15) is 32.3 Å². The van der Waals surface area contributed by atoms with Crippen molar-refractivity contribution in [2.45, 2.75) is 44.8 Å². The minimum atomic E-state index is -0.430. The molecule has 204 valence electrons. The Labute approximate surface area is 234 Å². The maximum absolute atomic E-state index is 9.96. The molecule has 1 aliphatic heterocycles. The molecule has 7 heteroatoms. The van der Waals surface area contributed by atoms with E-state index in [4.69, 9.17) is 15.1 Å². The molecule has 1 unspecified atom stereocenters. The molecule has 5 aromatic rings. The minimum absolute atomic E-state index is 0.0720. The fourth-order valence-electron chi connectivity index (χ4n) is 5.30. The molecule has 3 aromatic carbocycles. The molecule has 1 atom stereocenters. The quantitative estimate of drug-likeness (QED) is 0.218. The molecule has 6 rings (SSSR count). The molecule has 0 bridgehead atoms. The predicted molar refractivity (Wildman–Crippen MR) is 162 cm³/mol. The number of hydrogen-bond donors (Lipinski definition) is 3. The van der Waals surface area contributed by atoms with Gasteiger partial charge in [0.1, 0.15) is 11.3 Å². The molecule has 1 saturated heterocycles. The highest BCUT2D eigenvalue weighted by Crippen LogP contribution is 2.35. The Bertz CT molecular complexity index is 1580. The highest BCUT2D eigenvalue weighted by Gasteiger charge is 2.26. The van der Waals surface area contributed by atoms with Crippen molar-refractivity contribution in [2.75, 3.05) is 23.3 Å². The second-order valence-corrected chi connectivity index (χ2v) is 11.2. The van der Waals surface area contributed by atoms with Gasteiger partial charge in [0.05, 0.1) is 17.4 Å². The number of furan rings is 1. The highest BCUT2D eigenvalue weighted by molar-refractivity contribution is 5.87. The summed E-state index contributed by atoms with van der Waals surface area (Å²) in [6.45, 7) is 5.85. The molecular formula is C33H35N5O2. The van der Waals surface area contributed by atoms with Crippen LogP contribution in [-0.4, -0.2) is 39.8 Å². The van der Waals surface area contributed by atoms with E-state index in [1.807, 2.05) is 54.7 Å². The summed E-state index contributed by atoms with van der Waals surface area (Å²) in [6.07, 6.45) is 3.92. The second kappa shape index (κ2) is 10.8. The van der Waals surface area contributed by atoms with E-state index in [1.165, 1.54) is 5.69 Å². The number of para-hydroxylation sites is 1.